The van der Waals surface area contributed by atoms with Gasteiger partial charge in [0.05, 0.1) is 0 Å². The molecule has 0 aliphatic heterocycles. The van der Waals surface area contributed by atoms with Crippen molar-refractivity contribution < 1.29 is 14.7 Å². The quantitative estimate of drug-likeness (QED) is 0.515. The number of anilines is 2. The molecule has 0 radical (unpaired) electrons. The monoisotopic (exact) mass is 433 g/mol. The first-order chi connectivity index (χ1) is 13.9. The number of aromatic carboxylic acids is 1. The van der Waals surface area contributed by atoms with Crippen LogP contribution in [0, 0.1) is 0 Å². The highest BCUT2D eigenvalue weighted by atomic mass is 35.5. The van der Waals surface area contributed by atoms with Crippen LogP contribution in [-0.4, -0.2) is 46.4 Å². The fraction of sp³-hybridized carbons (Fsp3) is 0.238. The molecular weight excluding hydrogens is 413 g/mol. The lowest BCUT2D eigenvalue weighted by molar-refractivity contribution is 0.0687. The van der Waals surface area contributed by atoms with E-state index in [0.717, 1.165) is 16.6 Å². The number of aryl methyl sites for hydroxylation is 1. The van der Waals surface area contributed by atoms with Crippen molar-refractivity contribution in [2.75, 3.05) is 35.1 Å². The third kappa shape index (κ3) is 4.66. The lowest BCUT2D eigenvalue weighted by atomic mass is 10.1. The van der Waals surface area contributed by atoms with Crippen LogP contribution >= 0.6 is 23.2 Å². The van der Waals surface area contributed by atoms with Gasteiger partial charge < -0.3 is 19.9 Å². The number of nitrogens with zero attached hydrogens (tertiary/aromatic N) is 2. The third-order valence-electron chi connectivity index (χ3n) is 4.72. The molecule has 0 aliphatic carbocycles. The Morgan fingerprint density at radius 2 is 1.69 bits per heavy atom. The Morgan fingerprint density at radius 3 is 2.28 bits per heavy atom. The highest BCUT2D eigenvalue weighted by Gasteiger charge is 2.13. The second-order valence-corrected chi connectivity index (χ2v) is 7.29. The maximum Gasteiger partial charge on any atom is 0.352 e. The molecule has 1 aromatic heterocycles. The smallest absolute Gasteiger partial charge is 0.352 e. The fourth-order valence-corrected chi connectivity index (χ4v) is 3.64. The van der Waals surface area contributed by atoms with E-state index >= 15 is 0 Å². The Bertz CT molecular complexity index is 1030. The van der Waals surface area contributed by atoms with Gasteiger partial charge in [-0.3, -0.25) is 4.79 Å². The maximum atomic E-state index is 12.6. The summed E-state index contributed by atoms with van der Waals surface area (Å²) in [4.78, 5) is 25.9. The Labute approximate surface area is 178 Å². The van der Waals surface area contributed by atoms with Gasteiger partial charge in [0.15, 0.2) is 0 Å². The number of nitrogens with one attached hydrogen (secondary N) is 1. The summed E-state index contributed by atoms with van der Waals surface area (Å²) in [6.45, 7) is 1.35. The standard InChI is InChI=1S/C21H21Cl2N3O3/c1-25-18-7-4-16(12-15(18)13-19(25)21(28)29)24-20(27)14-2-5-17(6-3-14)26(10-8-22)11-9-23/h2-7,12-13H,8-11H2,1H3,(H,24,27)(H,28,29). The van der Waals surface area contributed by atoms with Crippen LogP contribution < -0.4 is 10.2 Å². The van der Waals surface area contributed by atoms with Gasteiger partial charge >= 0.3 is 5.97 Å². The molecule has 0 atom stereocenters. The minimum atomic E-state index is -0.994. The lowest BCUT2D eigenvalue weighted by Gasteiger charge is -2.22. The molecule has 8 heteroatoms. The second kappa shape index (κ2) is 9.20. The van der Waals surface area contributed by atoms with Crippen LogP contribution in [0.25, 0.3) is 10.9 Å². The van der Waals surface area contributed by atoms with Gasteiger partial charge in [0.1, 0.15) is 5.69 Å². The van der Waals surface area contributed by atoms with Gasteiger partial charge in [-0.15, -0.1) is 23.2 Å². The normalized spacial score (nSPS) is 10.9. The van der Waals surface area contributed by atoms with Crippen molar-refractivity contribution in [1.82, 2.24) is 4.57 Å². The third-order valence-corrected chi connectivity index (χ3v) is 5.06. The molecule has 152 valence electrons. The van der Waals surface area contributed by atoms with Crippen molar-refractivity contribution in [2.24, 2.45) is 7.05 Å². The molecule has 0 fully saturated rings. The number of hydrogen-bond donors (Lipinski definition) is 2. The number of hydrogen-bond acceptors (Lipinski definition) is 3. The van der Waals surface area contributed by atoms with Crippen molar-refractivity contribution >= 4 is 57.4 Å². The molecule has 29 heavy (non-hydrogen) atoms. The number of carbonyl (C=O) groups is 2. The van der Waals surface area contributed by atoms with Crippen LogP contribution in [0.15, 0.2) is 48.5 Å². The van der Waals surface area contributed by atoms with Crippen LogP contribution in [0.4, 0.5) is 11.4 Å². The van der Waals surface area contributed by atoms with Gasteiger partial charge in [0, 0.05) is 59.7 Å². The van der Waals surface area contributed by atoms with Crippen molar-refractivity contribution in [3.63, 3.8) is 0 Å². The van der Waals surface area contributed by atoms with Crippen molar-refractivity contribution in [1.29, 1.82) is 0 Å². The van der Waals surface area contributed by atoms with Gasteiger partial charge in [-0.25, -0.2) is 4.79 Å². The molecule has 0 spiro atoms. The Morgan fingerprint density at radius 1 is 1.03 bits per heavy atom. The van der Waals surface area contributed by atoms with E-state index in [9.17, 15) is 14.7 Å². The molecule has 3 aromatic rings. The van der Waals surface area contributed by atoms with E-state index in [1.807, 2.05) is 12.1 Å². The fourth-order valence-electron chi connectivity index (χ4n) is 3.23. The molecule has 3 rings (SSSR count). The molecule has 0 aliphatic rings. The molecule has 0 saturated carbocycles. The zero-order valence-corrected chi connectivity index (χ0v) is 17.4. The number of carboxylic acid groups (broad SMARTS) is 1. The van der Waals surface area contributed by atoms with E-state index in [1.165, 1.54) is 0 Å². The highest BCUT2D eigenvalue weighted by molar-refractivity contribution is 6.18. The van der Waals surface area contributed by atoms with Gasteiger partial charge in [0.25, 0.3) is 5.91 Å². The summed E-state index contributed by atoms with van der Waals surface area (Å²) >= 11 is 11.7. The predicted octanol–water partition coefficient (Wildman–Crippen LogP) is 4.41. The SMILES string of the molecule is Cn1c(C(=O)O)cc2cc(NC(=O)c3ccc(N(CCCl)CCCl)cc3)ccc21. The largest absolute Gasteiger partial charge is 0.477 e. The second-order valence-electron chi connectivity index (χ2n) is 6.53. The minimum Gasteiger partial charge on any atom is -0.477 e. The van der Waals surface area contributed by atoms with E-state index in [2.05, 4.69) is 10.2 Å². The summed E-state index contributed by atoms with van der Waals surface area (Å²) in [5, 5.41) is 12.9. The molecular formula is C21H21Cl2N3O3. The number of amides is 1. The topological polar surface area (TPSA) is 74.6 Å². The zero-order chi connectivity index (χ0) is 21.0. The van der Waals surface area contributed by atoms with E-state index < -0.39 is 5.97 Å². The number of halogens is 2. The molecule has 0 bridgehead atoms. The lowest BCUT2D eigenvalue weighted by Crippen LogP contribution is -2.27. The van der Waals surface area contributed by atoms with Gasteiger partial charge in [-0.1, -0.05) is 0 Å². The van der Waals surface area contributed by atoms with E-state index in [1.54, 1.807) is 48.0 Å². The summed E-state index contributed by atoms with van der Waals surface area (Å²) in [7, 11) is 1.70. The molecule has 0 unspecified atom stereocenters. The summed E-state index contributed by atoms with van der Waals surface area (Å²) in [6.07, 6.45) is 0. The van der Waals surface area contributed by atoms with Crippen LogP contribution in [0.2, 0.25) is 0 Å². The van der Waals surface area contributed by atoms with Crippen LogP contribution in [0.3, 0.4) is 0 Å². The molecule has 2 N–H and O–H groups in total. The summed E-state index contributed by atoms with van der Waals surface area (Å²) in [5.74, 6) is -0.256. The molecule has 2 aromatic carbocycles. The van der Waals surface area contributed by atoms with Gasteiger partial charge in [-0.2, -0.15) is 0 Å². The molecule has 1 heterocycles. The average Bonchev–Trinajstić information content (AvgIpc) is 3.04. The zero-order valence-electron chi connectivity index (χ0n) is 15.9. The van der Waals surface area contributed by atoms with Crippen molar-refractivity contribution in [3.05, 3.63) is 59.8 Å². The first kappa shape index (κ1) is 21.0. The van der Waals surface area contributed by atoms with Crippen molar-refractivity contribution in [2.45, 2.75) is 0 Å². The van der Waals surface area contributed by atoms with Crippen LogP contribution in [0.1, 0.15) is 20.8 Å². The van der Waals surface area contributed by atoms with E-state index in [-0.39, 0.29) is 11.6 Å². The van der Waals surface area contributed by atoms with Gasteiger partial charge in [0.2, 0.25) is 0 Å². The van der Waals surface area contributed by atoms with Gasteiger partial charge in [-0.05, 0) is 48.5 Å². The first-order valence-corrected chi connectivity index (χ1v) is 10.1. The number of rotatable bonds is 8. The van der Waals surface area contributed by atoms with Crippen molar-refractivity contribution in [3.8, 4) is 0 Å². The minimum absolute atomic E-state index is 0.192. The number of alkyl halides is 2. The first-order valence-electron chi connectivity index (χ1n) is 9.05. The maximum absolute atomic E-state index is 12.6. The Hall–Kier alpha value is -2.70. The van der Waals surface area contributed by atoms with E-state index in [0.29, 0.717) is 36.1 Å². The summed E-state index contributed by atoms with van der Waals surface area (Å²) < 4.78 is 1.61. The summed E-state index contributed by atoms with van der Waals surface area (Å²) in [6, 6.07) is 14.1. The highest BCUT2D eigenvalue weighted by Crippen LogP contribution is 2.23. The summed E-state index contributed by atoms with van der Waals surface area (Å²) in [5.41, 5.74) is 3.04. The Kier molecular flexibility index (Phi) is 6.67. The van der Waals surface area contributed by atoms with Crippen LogP contribution in [0.5, 0.6) is 0 Å². The van der Waals surface area contributed by atoms with E-state index in [4.69, 9.17) is 23.2 Å². The number of fused-ring (bicyclic) bond motifs is 1. The number of carbonyl (C=O) groups excluding carboxylic acids is 1. The number of carboxylic acids is 1. The Balaban J connectivity index is 1.76. The number of aromatic nitrogens is 1. The number of benzene rings is 2. The predicted molar refractivity (Wildman–Crippen MR) is 118 cm³/mol. The molecule has 0 saturated heterocycles. The average molecular weight is 434 g/mol. The van der Waals surface area contributed by atoms with Crippen LogP contribution in [-0.2, 0) is 7.05 Å². The molecule has 6 nitrogen and oxygen atoms in total. The molecule has 1 amide bonds.